The summed E-state index contributed by atoms with van der Waals surface area (Å²) in [6.45, 7) is 15.5. The topological polar surface area (TPSA) is 202 Å². The number of likely N-dealkylation sites (tertiary alicyclic amines) is 1. The Kier molecular flexibility index (Phi) is 15.4. The van der Waals surface area contributed by atoms with Gasteiger partial charge in [-0.1, -0.05) is 29.4 Å². The van der Waals surface area contributed by atoms with Gasteiger partial charge in [0.25, 0.3) is 5.89 Å². The third-order valence-electron chi connectivity index (χ3n) is 11.3. The maximum Gasteiger partial charge on any atom is 0.433 e. The van der Waals surface area contributed by atoms with Crippen LogP contribution in [0.3, 0.4) is 0 Å². The van der Waals surface area contributed by atoms with Crippen molar-refractivity contribution in [3.8, 4) is 34.5 Å². The van der Waals surface area contributed by atoms with Crippen LogP contribution in [0.15, 0.2) is 83.5 Å². The fraction of sp³-hybridized carbons (Fsp3) is 0.417. The molecule has 5 aromatic rings. The molecular weight excluding hydrogens is 908 g/mol. The number of esters is 1. The maximum atomic E-state index is 13.1. The number of benzene rings is 3. The van der Waals surface area contributed by atoms with Crippen LogP contribution in [0.2, 0.25) is 0 Å². The number of hydrogen-bond acceptors (Lipinski definition) is 15. The number of aliphatic carboxylic acids is 1. The SMILES string of the molecule is O=C(O)[C@H]1CN(c2nccc(C(F)(F)F)n2)C[C@H]1Cc1ccc(OCc2noc(-c3ccc4c(c3)OCO4)n2)cc1.[C-]#[N+]COc1ccc(C[C@@H]2CN(C(=O)OC(C)(C)C)C[C@@H]2C(=O)OCC)cc1. The molecule has 69 heavy (non-hydrogen) atoms. The highest BCUT2D eigenvalue weighted by Crippen LogP contribution is 2.36. The van der Waals surface area contributed by atoms with Crippen LogP contribution in [0.4, 0.5) is 23.9 Å². The molecule has 5 heterocycles. The first kappa shape index (κ1) is 49.3. The number of alkyl halides is 3. The number of nitrogens with zero attached hydrogens (tertiary/aromatic N) is 7. The molecule has 18 nitrogen and oxygen atoms in total. The van der Waals surface area contributed by atoms with Crippen LogP contribution in [-0.2, 0) is 44.7 Å². The number of amides is 1. The van der Waals surface area contributed by atoms with E-state index in [4.69, 9.17) is 39.5 Å². The van der Waals surface area contributed by atoms with Gasteiger partial charge < -0.3 is 47.9 Å². The molecule has 2 aromatic heterocycles. The number of aromatic nitrogens is 4. The first-order chi connectivity index (χ1) is 33.0. The van der Waals surface area contributed by atoms with E-state index in [0.717, 1.165) is 23.4 Å². The zero-order chi connectivity index (χ0) is 49.3. The number of carbonyl (C=O) groups is 3. The molecule has 0 aliphatic carbocycles. The van der Waals surface area contributed by atoms with Gasteiger partial charge in [-0.05, 0) is 112 Å². The summed E-state index contributed by atoms with van der Waals surface area (Å²) in [5.74, 6) is 0.0452. The molecule has 2 saturated heterocycles. The fourth-order valence-corrected chi connectivity index (χ4v) is 8.01. The summed E-state index contributed by atoms with van der Waals surface area (Å²) in [5, 5.41) is 13.7. The zero-order valence-electron chi connectivity index (χ0n) is 38.2. The van der Waals surface area contributed by atoms with E-state index in [9.17, 15) is 32.7 Å². The molecule has 3 aliphatic rings. The lowest BCUT2D eigenvalue weighted by molar-refractivity contribution is -0.149. The number of ether oxygens (including phenoxy) is 6. The summed E-state index contributed by atoms with van der Waals surface area (Å²) in [6, 6.07) is 20.6. The molecule has 8 rings (SSSR count). The molecule has 0 radical (unpaired) electrons. The van der Waals surface area contributed by atoms with E-state index in [-0.39, 0.29) is 62.9 Å². The number of carboxylic acids is 1. The summed E-state index contributed by atoms with van der Waals surface area (Å²) in [4.78, 5) is 54.9. The summed E-state index contributed by atoms with van der Waals surface area (Å²) < 4.78 is 77.0. The van der Waals surface area contributed by atoms with E-state index in [1.54, 1.807) is 54.3 Å². The average molecular weight is 958 g/mol. The van der Waals surface area contributed by atoms with Gasteiger partial charge in [-0.15, -0.1) is 0 Å². The molecule has 364 valence electrons. The predicted octanol–water partition coefficient (Wildman–Crippen LogP) is 7.76. The molecule has 0 saturated carbocycles. The first-order valence-electron chi connectivity index (χ1n) is 22.0. The summed E-state index contributed by atoms with van der Waals surface area (Å²) >= 11 is 0. The van der Waals surface area contributed by atoms with Gasteiger partial charge in [0.2, 0.25) is 18.6 Å². The van der Waals surface area contributed by atoms with Gasteiger partial charge in [0, 0.05) is 37.9 Å². The third kappa shape index (κ3) is 13.1. The molecule has 0 unspecified atom stereocenters. The molecule has 4 atom stereocenters. The largest absolute Gasteiger partial charge is 0.485 e. The van der Waals surface area contributed by atoms with E-state index in [1.165, 1.54) is 4.90 Å². The Balaban J connectivity index is 0.000000220. The van der Waals surface area contributed by atoms with E-state index in [0.29, 0.717) is 72.8 Å². The third-order valence-corrected chi connectivity index (χ3v) is 11.3. The van der Waals surface area contributed by atoms with Crippen LogP contribution in [0, 0.1) is 30.2 Å². The Morgan fingerprint density at radius 1 is 0.841 bits per heavy atom. The quantitative estimate of drug-likeness (QED) is 0.0835. The highest BCUT2D eigenvalue weighted by atomic mass is 19.4. The highest BCUT2D eigenvalue weighted by Gasteiger charge is 2.42. The predicted molar refractivity (Wildman–Crippen MR) is 238 cm³/mol. The van der Waals surface area contributed by atoms with Crippen LogP contribution >= 0.6 is 0 Å². The maximum absolute atomic E-state index is 13.1. The van der Waals surface area contributed by atoms with Gasteiger partial charge in [-0.25, -0.2) is 21.3 Å². The monoisotopic (exact) mass is 957 g/mol. The molecule has 2 fully saturated rings. The van der Waals surface area contributed by atoms with Crippen molar-refractivity contribution in [3.63, 3.8) is 0 Å². The van der Waals surface area contributed by atoms with Crippen molar-refractivity contribution in [2.24, 2.45) is 23.7 Å². The van der Waals surface area contributed by atoms with E-state index < -0.39 is 35.5 Å². The van der Waals surface area contributed by atoms with E-state index in [1.807, 2.05) is 45.0 Å². The number of fused-ring (bicyclic) bond motifs is 1. The second-order valence-electron chi connectivity index (χ2n) is 17.4. The number of hydrogen-bond donors (Lipinski definition) is 1. The Labute approximate surface area is 395 Å². The fourth-order valence-electron chi connectivity index (χ4n) is 8.01. The van der Waals surface area contributed by atoms with Crippen molar-refractivity contribution in [1.29, 1.82) is 0 Å². The summed E-state index contributed by atoms with van der Waals surface area (Å²) in [7, 11) is 0. The zero-order valence-corrected chi connectivity index (χ0v) is 38.2. The Hall–Kier alpha value is -7.63. The van der Waals surface area contributed by atoms with Crippen LogP contribution in [0.1, 0.15) is 50.3 Å². The Morgan fingerprint density at radius 3 is 2.14 bits per heavy atom. The number of anilines is 1. The van der Waals surface area contributed by atoms with Gasteiger partial charge in [0.05, 0.1) is 18.4 Å². The van der Waals surface area contributed by atoms with E-state index in [2.05, 4.69) is 25.0 Å². The van der Waals surface area contributed by atoms with Crippen molar-refractivity contribution in [2.45, 2.75) is 58.9 Å². The van der Waals surface area contributed by atoms with Gasteiger partial charge >= 0.3 is 30.9 Å². The number of halogens is 3. The summed E-state index contributed by atoms with van der Waals surface area (Å²) in [6.07, 6.45) is -2.97. The lowest BCUT2D eigenvalue weighted by Crippen LogP contribution is -2.36. The minimum absolute atomic E-state index is 0.0153. The molecule has 0 bridgehead atoms. The van der Waals surface area contributed by atoms with Crippen LogP contribution in [0.25, 0.3) is 16.3 Å². The van der Waals surface area contributed by atoms with E-state index >= 15 is 0 Å². The molecule has 3 aromatic carbocycles. The van der Waals surface area contributed by atoms with Crippen molar-refractivity contribution in [2.75, 3.05) is 51.2 Å². The number of rotatable bonds is 14. The van der Waals surface area contributed by atoms with Gasteiger partial charge in [-0.2, -0.15) is 18.2 Å². The first-order valence-corrected chi connectivity index (χ1v) is 22.0. The second-order valence-corrected chi connectivity index (χ2v) is 17.4. The van der Waals surface area contributed by atoms with Crippen molar-refractivity contribution < 1.29 is 65.6 Å². The molecule has 3 aliphatic heterocycles. The van der Waals surface area contributed by atoms with Gasteiger partial charge in [0.15, 0.2) is 18.1 Å². The minimum Gasteiger partial charge on any atom is -0.485 e. The summed E-state index contributed by atoms with van der Waals surface area (Å²) in [5.41, 5.74) is 0.904. The Bertz CT molecular complexity index is 2620. The molecule has 1 amide bonds. The molecule has 21 heteroatoms. The molecule has 1 N–H and O–H groups in total. The standard InChI is InChI=1S/C27H22F3N5O6.C21H28N2O5/c28-27(29,30)22-7-8-31-26(32-22)35-11-17(19(12-35)25(36)37)9-15-1-4-18(5-2-15)38-13-23-33-24(41-34-23)16-3-6-20-21(10-16)40-14-39-20;1-6-26-19(24)18-13-23(20(25)28-21(2,3)4)12-16(18)11-15-7-9-17(10-8-15)27-14-22-5/h1-8,10,17,19H,9,11-14H2,(H,36,37);7-10,16,18H,6,11-14H2,1-4H3/t17-,19+;16-,18+/m11/s1. The minimum atomic E-state index is -4.62. The average Bonchev–Trinajstić information content (AvgIpc) is 4.15. The normalized spacial score (nSPS) is 18.5. The number of carbonyl (C=O) groups excluding carboxylic acids is 2. The van der Waals surface area contributed by atoms with Gasteiger partial charge in [0.1, 0.15) is 22.8 Å². The highest BCUT2D eigenvalue weighted by molar-refractivity contribution is 5.76. The number of carboxylic acid groups (broad SMARTS) is 1. The van der Waals surface area contributed by atoms with Crippen LogP contribution < -0.4 is 23.8 Å². The lowest BCUT2D eigenvalue weighted by atomic mass is 9.90. The van der Waals surface area contributed by atoms with Crippen molar-refractivity contribution in [3.05, 3.63) is 113 Å². The Morgan fingerprint density at radius 2 is 1.51 bits per heavy atom. The van der Waals surface area contributed by atoms with Crippen molar-refractivity contribution >= 4 is 24.0 Å². The molecule has 0 spiro atoms. The van der Waals surface area contributed by atoms with Gasteiger partial charge in [-0.3, -0.25) is 14.4 Å². The second kappa shape index (κ2) is 21.5. The smallest absolute Gasteiger partial charge is 0.433 e. The molecular formula is C48H50F3N7O11. The van der Waals surface area contributed by atoms with Crippen LogP contribution in [0.5, 0.6) is 23.0 Å². The van der Waals surface area contributed by atoms with Crippen molar-refractivity contribution in [1.82, 2.24) is 25.0 Å². The lowest BCUT2D eigenvalue weighted by Gasteiger charge is -2.24. The van der Waals surface area contributed by atoms with Crippen LogP contribution in [-0.4, -0.2) is 100 Å².